The number of benzene rings is 1. The number of carbonyl (C=O) groups is 1. The van der Waals surface area contributed by atoms with Crippen LogP contribution in [0.4, 0.5) is 4.39 Å². The Bertz CT molecular complexity index is 1170. The molecule has 0 bridgehead atoms. The average molecular weight is 473 g/mol. The van der Waals surface area contributed by atoms with Crippen LogP contribution in [0.5, 0.6) is 11.6 Å². The van der Waals surface area contributed by atoms with E-state index in [4.69, 9.17) is 21.1 Å². The zero-order chi connectivity index (χ0) is 22.2. The number of hydrogen-bond donors (Lipinski definition) is 0. The SMILES string of the molecule is CC1CCN(C(=O)c2ccc(-c3cc(-c4ccnc5c4OCCO5)cs3)c(Cl)c2)CC1F. The van der Waals surface area contributed by atoms with E-state index < -0.39 is 6.17 Å². The quantitative estimate of drug-likeness (QED) is 0.489. The van der Waals surface area contributed by atoms with Crippen LogP contribution in [0, 0.1) is 5.92 Å². The Hall–Kier alpha value is -2.64. The highest BCUT2D eigenvalue weighted by atomic mass is 35.5. The number of amides is 1. The summed E-state index contributed by atoms with van der Waals surface area (Å²) in [7, 11) is 0. The molecule has 2 atom stereocenters. The normalized spacial score (nSPS) is 20.3. The summed E-state index contributed by atoms with van der Waals surface area (Å²) in [6.07, 6.45) is 1.39. The van der Waals surface area contributed by atoms with Crippen LogP contribution >= 0.6 is 22.9 Å². The second-order valence-corrected chi connectivity index (χ2v) is 9.44. The third kappa shape index (κ3) is 3.95. The van der Waals surface area contributed by atoms with Gasteiger partial charge in [0.1, 0.15) is 19.4 Å². The van der Waals surface area contributed by atoms with Crippen LogP contribution in [-0.4, -0.2) is 48.3 Å². The van der Waals surface area contributed by atoms with Crippen molar-refractivity contribution in [3.63, 3.8) is 0 Å². The smallest absolute Gasteiger partial charge is 0.257 e. The number of rotatable bonds is 3. The first kappa shape index (κ1) is 21.2. The summed E-state index contributed by atoms with van der Waals surface area (Å²) in [5.41, 5.74) is 3.23. The molecule has 0 spiro atoms. The number of halogens is 2. The van der Waals surface area contributed by atoms with E-state index in [1.807, 2.05) is 30.5 Å². The van der Waals surface area contributed by atoms with Crippen molar-refractivity contribution in [1.82, 2.24) is 9.88 Å². The number of fused-ring (bicyclic) bond motifs is 1. The Morgan fingerprint density at radius 1 is 1.22 bits per heavy atom. The maximum atomic E-state index is 14.1. The molecule has 5 rings (SSSR count). The van der Waals surface area contributed by atoms with Gasteiger partial charge in [-0.15, -0.1) is 11.3 Å². The number of aromatic nitrogens is 1. The van der Waals surface area contributed by atoms with E-state index in [0.29, 0.717) is 48.4 Å². The number of hydrogen-bond acceptors (Lipinski definition) is 5. The predicted octanol–water partition coefficient (Wildman–Crippen LogP) is 5.72. The van der Waals surface area contributed by atoms with Gasteiger partial charge in [-0.1, -0.05) is 24.6 Å². The summed E-state index contributed by atoms with van der Waals surface area (Å²) >= 11 is 8.14. The van der Waals surface area contributed by atoms with Gasteiger partial charge in [-0.05, 0) is 47.5 Å². The first-order valence-electron chi connectivity index (χ1n) is 10.6. The third-order valence-corrected chi connectivity index (χ3v) is 7.26. The molecule has 3 aromatic rings. The van der Waals surface area contributed by atoms with E-state index in [9.17, 15) is 9.18 Å². The maximum absolute atomic E-state index is 14.1. The lowest BCUT2D eigenvalue weighted by molar-refractivity contribution is 0.0541. The Labute approximate surface area is 194 Å². The van der Waals surface area contributed by atoms with Crippen molar-refractivity contribution in [3.8, 4) is 33.2 Å². The number of carbonyl (C=O) groups excluding carboxylic acids is 1. The summed E-state index contributed by atoms with van der Waals surface area (Å²) < 4.78 is 25.4. The van der Waals surface area contributed by atoms with Crippen LogP contribution < -0.4 is 9.47 Å². The molecule has 1 fully saturated rings. The molecule has 166 valence electrons. The average Bonchev–Trinajstić information content (AvgIpc) is 3.29. The number of thiophene rings is 1. The second kappa shape index (κ2) is 8.71. The monoisotopic (exact) mass is 472 g/mol. The van der Waals surface area contributed by atoms with Gasteiger partial charge >= 0.3 is 0 Å². The van der Waals surface area contributed by atoms with E-state index in [1.54, 1.807) is 34.6 Å². The lowest BCUT2D eigenvalue weighted by Crippen LogP contribution is -2.44. The molecule has 0 aliphatic carbocycles. The minimum atomic E-state index is -0.986. The Kier molecular flexibility index (Phi) is 5.78. The minimum absolute atomic E-state index is 0.0130. The van der Waals surface area contributed by atoms with Crippen molar-refractivity contribution < 1.29 is 18.7 Å². The highest BCUT2D eigenvalue weighted by Crippen LogP contribution is 2.42. The lowest BCUT2D eigenvalue weighted by atomic mass is 9.96. The van der Waals surface area contributed by atoms with Crippen LogP contribution in [0.2, 0.25) is 5.02 Å². The molecular formula is C24H22ClFN2O3S. The molecule has 0 N–H and O–H groups in total. The summed E-state index contributed by atoms with van der Waals surface area (Å²) in [6.45, 7) is 3.56. The fourth-order valence-corrected chi connectivity index (χ4v) is 5.32. The molecule has 0 saturated carbocycles. The van der Waals surface area contributed by atoms with E-state index >= 15 is 0 Å². The zero-order valence-corrected chi connectivity index (χ0v) is 19.1. The first-order chi connectivity index (χ1) is 15.5. The van der Waals surface area contributed by atoms with Gasteiger partial charge in [0, 0.05) is 34.3 Å². The van der Waals surface area contributed by atoms with Crippen LogP contribution in [0.25, 0.3) is 21.6 Å². The van der Waals surface area contributed by atoms with Gasteiger partial charge in [0.05, 0.1) is 11.6 Å². The maximum Gasteiger partial charge on any atom is 0.257 e. The predicted molar refractivity (Wildman–Crippen MR) is 124 cm³/mol. The number of pyridine rings is 1. The van der Waals surface area contributed by atoms with E-state index in [2.05, 4.69) is 4.98 Å². The van der Waals surface area contributed by atoms with Crippen LogP contribution in [0.1, 0.15) is 23.7 Å². The van der Waals surface area contributed by atoms with Crippen molar-refractivity contribution in [2.75, 3.05) is 26.3 Å². The highest BCUT2D eigenvalue weighted by Gasteiger charge is 2.29. The van der Waals surface area contributed by atoms with Crippen LogP contribution in [-0.2, 0) is 0 Å². The second-order valence-electron chi connectivity index (χ2n) is 8.12. The number of ether oxygens (including phenoxy) is 2. The number of nitrogens with zero attached hydrogens (tertiary/aromatic N) is 2. The molecule has 1 saturated heterocycles. The molecule has 2 aliphatic rings. The zero-order valence-electron chi connectivity index (χ0n) is 17.5. The number of alkyl halides is 1. The summed E-state index contributed by atoms with van der Waals surface area (Å²) in [4.78, 5) is 19.6. The molecule has 2 aliphatic heterocycles. The molecule has 2 aromatic heterocycles. The Morgan fingerprint density at radius 2 is 2.06 bits per heavy atom. The molecule has 1 amide bonds. The van der Waals surface area contributed by atoms with Crippen molar-refractivity contribution in [3.05, 3.63) is 52.5 Å². The van der Waals surface area contributed by atoms with Gasteiger partial charge in [0.2, 0.25) is 0 Å². The van der Waals surface area contributed by atoms with Crippen molar-refractivity contribution in [1.29, 1.82) is 0 Å². The van der Waals surface area contributed by atoms with E-state index in [1.165, 1.54) is 0 Å². The van der Waals surface area contributed by atoms with E-state index in [-0.39, 0.29) is 18.4 Å². The summed E-state index contributed by atoms with van der Waals surface area (Å²) in [5.74, 6) is 0.962. The fraction of sp³-hybridized carbons (Fsp3) is 0.333. The minimum Gasteiger partial charge on any atom is -0.484 e. The highest BCUT2D eigenvalue weighted by molar-refractivity contribution is 7.14. The topological polar surface area (TPSA) is 51.7 Å². The Balaban J connectivity index is 1.39. The largest absolute Gasteiger partial charge is 0.484 e. The van der Waals surface area contributed by atoms with Crippen LogP contribution in [0.15, 0.2) is 41.9 Å². The molecule has 8 heteroatoms. The molecule has 1 aromatic carbocycles. The summed E-state index contributed by atoms with van der Waals surface area (Å²) in [5, 5.41) is 2.52. The molecule has 5 nitrogen and oxygen atoms in total. The summed E-state index contributed by atoms with van der Waals surface area (Å²) in [6, 6.07) is 9.24. The first-order valence-corrected chi connectivity index (χ1v) is 11.8. The van der Waals surface area contributed by atoms with E-state index in [0.717, 1.165) is 21.6 Å². The Morgan fingerprint density at radius 3 is 2.88 bits per heavy atom. The lowest BCUT2D eigenvalue weighted by Gasteiger charge is -2.33. The van der Waals surface area contributed by atoms with Crippen molar-refractivity contribution in [2.24, 2.45) is 5.92 Å². The van der Waals surface area contributed by atoms with Gasteiger partial charge in [0.25, 0.3) is 11.8 Å². The molecule has 4 heterocycles. The van der Waals surface area contributed by atoms with Crippen LogP contribution in [0.3, 0.4) is 0 Å². The standard InChI is InChI=1S/C24H22ClFN2O3S/c1-14-5-7-28(12-20(14)26)24(29)15-2-3-18(19(25)10-15)21-11-16(13-32-21)17-4-6-27-23-22(17)30-8-9-31-23/h2-4,6,10-11,13-14,20H,5,7-9,12H2,1H3. The number of likely N-dealkylation sites (tertiary alicyclic amines) is 1. The molecule has 32 heavy (non-hydrogen) atoms. The van der Waals surface area contributed by atoms with Gasteiger partial charge in [-0.3, -0.25) is 4.79 Å². The fourth-order valence-electron chi connectivity index (χ4n) is 4.04. The third-order valence-electron chi connectivity index (χ3n) is 5.99. The van der Waals surface area contributed by atoms with Gasteiger partial charge in [0.15, 0.2) is 5.75 Å². The molecule has 2 unspecified atom stereocenters. The van der Waals surface area contributed by atoms with Crippen molar-refractivity contribution >= 4 is 28.8 Å². The van der Waals surface area contributed by atoms with Gasteiger partial charge in [-0.2, -0.15) is 0 Å². The van der Waals surface area contributed by atoms with Crippen molar-refractivity contribution in [2.45, 2.75) is 19.5 Å². The molecular weight excluding hydrogens is 451 g/mol. The van der Waals surface area contributed by atoms with Gasteiger partial charge < -0.3 is 14.4 Å². The number of piperidine rings is 1. The molecule has 0 radical (unpaired) electrons. The van der Waals surface area contributed by atoms with Gasteiger partial charge in [-0.25, -0.2) is 9.37 Å².